The Hall–Kier alpha value is -1.49. The second-order valence-electron chi connectivity index (χ2n) is 4.62. The van der Waals surface area contributed by atoms with Gasteiger partial charge in [-0.25, -0.2) is 8.78 Å². The van der Waals surface area contributed by atoms with E-state index in [1.807, 2.05) is 0 Å². The van der Waals surface area contributed by atoms with Crippen molar-refractivity contribution in [1.82, 2.24) is 5.32 Å². The quantitative estimate of drug-likeness (QED) is 0.845. The van der Waals surface area contributed by atoms with Gasteiger partial charge in [-0.15, -0.1) is 0 Å². The number of rotatable bonds is 3. The van der Waals surface area contributed by atoms with E-state index in [1.54, 1.807) is 0 Å². The molecule has 1 amide bonds. The minimum Gasteiger partial charge on any atom is -0.324 e. The zero-order valence-corrected chi connectivity index (χ0v) is 9.09. The summed E-state index contributed by atoms with van der Waals surface area (Å²) in [6.45, 7) is 0.703. The third-order valence-corrected chi connectivity index (χ3v) is 3.21. The van der Waals surface area contributed by atoms with Crippen LogP contribution < -0.4 is 10.6 Å². The lowest BCUT2D eigenvalue weighted by Crippen LogP contribution is -2.29. The molecule has 0 saturated heterocycles. The van der Waals surface area contributed by atoms with Gasteiger partial charge in [0.25, 0.3) is 0 Å². The average molecular weight is 238 g/mol. The molecule has 1 aromatic carbocycles. The van der Waals surface area contributed by atoms with Crippen LogP contribution in [0.4, 0.5) is 14.5 Å². The van der Waals surface area contributed by atoms with Gasteiger partial charge in [-0.3, -0.25) is 4.79 Å². The fourth-order valence-electron chi connectivity index (χ4n) is 2.12. The first-order chi connectivity index (χ1) is 8.15. The second kappa shape index (κ2) is 3.77. The van der Waals surface area contributed by atoms with Crippen LogP contribution in [0.3, 0.4) is 0 Å². The number of amides is 1. The Labute approximate surface area is 97.2 Å². The van der Waals surface area contributed by atoms with Crippen LogP contribution in [0.2, 0.25) is 0 Å². The highest BCUT2D eigenvalue weighted by Gasteiger charge is 2.35. The molecule has 1 unspecified atom stereocenters. The minimum atomic E-state index is -0.689. The maximum atomic E-state index is 13.6. The topological polar surface area (TPSA) is 41.1 Å². The lowest BCUT2D eigenvalue weighted by molar-refractivity contribution is -0.117. The van der Waals surface area contributed by atoms with Gasteiger partial charge in [-0.1, -0.05) is 0 Å². The monoisotopic (exact) mass is 238 g/mol. The van der Waals surface area contributed by atoms with Gasteiger partial charge >= 0.3 is 0 Å². The number of fused-ring (bicyclic) bond motifs is 1. The van der Waals surface area contributed by atoms with Gasteiger partial charge < -0.3 is 10.6 Å². The summed E-state index contributed by atoms with van der Waals surface area (Å²) in [5.74, 6) is -1.07. The van der Waals surface area contributed by atoms with E-state index < -0.39 is 17.7 Å². The lowest BCUT2D eigenvalue weighted by atomic mass is 10.1. The third-order valence-electron chi connectivity index (χ3n) is 3.21. The predicted molar refractivity (Wildman–Crippen MR) is 58.5 cm³/mol. The van der Waals surface area contributed by atoms with Crippen molar-refractivity contribution in [2.24, 2.45) is 5.92 Å². The Morgan fingerprint density at radius 1 is 1.35 bits per heavy atom. The van der Waals surface area contributed by atoms with E-state index in [9.17, 15) is 13.6 Å². The largest absolute Gasteiger partial charge is 0.324 e. The van der Waals surface area contributed by atoms with Crippen molar-refractivity contribution in [3.05, 3.63) is 29.3 Å². The highest BCUT2D eigenvalue weighted by Crippen LogP contribution is 2.35. The highest BCUT2D eigenvalue weighted by molar-refractivity contribution is 6.02. The van der Waals surface area contributed by atoms with Crippen LogP contribution >= 0.6 is 0 Å². The molecule has 5 heteroatoms. The molecular formula is C12H12F2N2O. The van der Waals surface area contributed by atoms with Crippen LogP contribution in [-0.4, -0.2) is 12.5 Å². The molecule has 1 fully saturated rings. The van der Waals surface area contributed by atoms with Crippen LogP contribution in [0, 0.1) is 17.6 Å². The van der Waals surface area contributed by atoms with Crippen molar-refractivity contribution in [2.45, 2.75) is 18.9 Å². The van der Waals surface area contributed by atoms with E-state index in [-0.39, 0.29) is 17.2 Å². The first kappa shape index (κ1) is 10.7. The molecule has 0 radical (unpaired) electrons. The molecule has 1 aliphatic carbocycles. The van der Waals surface area contributed by atoms with E-state index in [1.165, 1.54) is 0 Å². The Kier molecular flexibility index (Phi) is 2.36. The molecule has 3 rings (SSSR count). The van der Waals surface area contributed by atoms with Gasteiger partial charge in [0, 0.05) is 11.6 Å². The first-order valence-corrected chi connectivity index (χ1v) is 5.68. The standard InChI is InChI=1S/C12H12F2N2O/c13-7-3-8(14)10-9(4-7)16-12(17)11(10)15-5-6-1-2-6/h3-4,6,11,15H,1-2,5H2,(H,16,17). The molecule has 1 heterocycles. The average Bonchev–Trinajstić information content (AvgIpc) is 3.00. The van der Waals surface area contributed by atoms with Crippen LogP contribution in [0.25, 0.3) is 0 Å². The molecule has 0 aromatic heterocycles. The Morgan fingerprint density at radius 3 is 2.82 bits per heavy atom. The summed E-state index contributed by atoms with van der Waals surface area (Å²) < 4.78 is 26.6. The minimum absolute atomic E-state index is 0.233. The van der Waals surface area contributed by atoms with E-state index in [0.717, 1.165) is 25.0 Å². The molecule has 0 spiro atoms. The number of benzene rings is 1. The van der Waals surface area contributed by atoms with E-state index in [4.69, 9.17) is 0 Å². The number of hydrogen-bond donors (Lipinski definition) is 2. The fraction of sp³-hybridized carbons (Fsp3) is 0.417. The molecule has 17 heavy (non-hydrogen) atoms. The van der Waals surface area contributed by atoms with Crippen LogP contribution in [0.1, 0.15) is 24.4 Å². The molecule has 2 aliphatic rings. The van der Waals surface area contributed by atoms with Crippen molar-refractivity contribution in [3.8, 4) is 0 Å². The number of anilines is 1. The van der Waals surface area contributed by atoms with Crippen LogP contribution in [-0.2, 0) is 4.79 Å². The van der Waals surface area contributed by atoms with E-state index >= 15 is 0 Å². The Morgan fingerprint density at radius 2 is 2.12 bits per heavy atom. The predicted octanol–water partition coefficient (Wildman–Crippen LogP) is 1.96. The highest BCUT2D eigenvalue weighted by atomic mass is 19.1. The molecule has 1 aliphatic heterocycles. The maximum absolute atomic E-state index is 13.6. The molecule has 0 bridgehead atoms. The smallest absolute Gasteiger partial charge is 0.246 e. The number of halogens is 2. The van der Waals surface area contributed by atoms with Gasteiger partial charge in [-0.2, -0.15) is 0 Å². The normalized spacial score (nSPS) is 22.5. The van der Waals surface area contributed by atoms with Crippen molar-refractivity contribution in [3.63, 3.8) is 0 Å². The summed E-state index contributed by atoms with van der Waals surface area (Å²) in [6, 6.07) is 1.27. The van der Waals surface area contributed by atoms with E-state index in [2.05, 4.69) is 10.6 Å². The Bertz CT molecular complexity index is 486. The maximum Gasteiger partial charge on any atom is 0.246 e. The van der Waals surface area contributed by atoms with Gasteiger partial charge in [-0.05, 0) is 31.4 Å². The third kappa shape index (κ3) is 1.91. The summed E-state index contributed by atoms with van der Waals surface area (Å²) >= 11 is 0. The van der Waals surface area contributed by atoms with Gasteiger partial charge in [0.15, 0.2) is 0 Å². The summed E-state index contributed by atoms with van der Waals surface area (Å²) in [7, 11) is 0. The van der Waals surface area contributed by atoms with Crippen LogP contribution in [0.5, 0.6) is 0 Å². The van der Waals surface area contributed by atoms with Crippen molar-refractivity contribution < 1.29 is 13.6 Å². The Balaban J connectivity index is 1.88. The first-order valence-electron chi connectivity index (χ1n) is 5.68. The molecule has 90 valence electrons. The number of carbonyl (C=O) groups is 1. The van der Waals surface area contributed by atoms with Crippen molar-refractivity contribution >= 4 is 11.6 Å². The SMILES string of the molecule is O=C1Nc2cc(F)cc(F)c2C1NCC1CC1. The van der Waals surface area contributed by atoms with E-state index in [0.29, 0.717) is 12.5 Å². The lowest BCUT2D eigenvalue weighted by Gasteiger charge is -2.11. The van der Waals surface area contributed by atoms with Gasteiger partial charge in [0.05, 0.1) is 5.69 Å². The summed E-state index contributed by atoms with van der Waals surface area (Å²) in [6.07, 6.45) is 2.31. The summed E-state index contributed by atoms with van der Waals surface area (Å²) in [4.78, 5) is 11.7. The zero-order valence-electron chi connectivity index (χ0n) is 9.09. The number of nitrogens with one attached hydrogen (secondary N) is 2. The fourth-order valence-corrected chi connectivity index (χ4v) is 2.12. The van der Waals surface area contributed by atoms with Crippen molar-refractivity contribution in [2.75, 3.05) is 11.9 Å². The van der Waals surface area contributed by atoms with Crippen LogP contribution in [0.15, 0.2) is 12.1 Å². The summed E-state index contributed by atoms with van der Waals surface area (Å²) in [5, 5.41) is 5.53. The number of hydrogen-bond acceptors (Lipinski definition) is 2. The van der Waals surface area contributed by atoms with Gasteiger partial charge in [0.1, 0.15) is 17.7 Å². The second-order valence-corrected chi connectivity index (χ2v) is 4.62. The molecular weight excluding hydrogens is 226 g/mol. The van der Waals surface area contributed by atoms with Gasteiger partial charge in [0.2, 0.25) is 5.91 Å². The van der Waals surface area contributed by atoms with Crippen molar-refractivity contribution in [1.29, 1.82) is 0 Å². The summed E-state index contributed by atoms with van der Waals surface area (Å²) in [5.41, 5.74) is 0.470. The molecule has 1 atom stereocenters. The molecule has 3 nitrogen and oxygen atoms in total. The molecule has 1 aromatic rings. The molecule has 2 N–H and O–H groups in total. The molecule has 1 saturated carbocycles. The number of carbonyl (C=O) groups excluding carboxylic acids is 1. The zero-order chi connectivity index (χ0) is 12.0.